The summed E-state index contributed by atoms with van der Waals surface area (Å²) in [6, 6.07) is 3.73. The lowest BCUT2D eigenvalue weighted by atomic mass is 10.3. The van der Waals surface area contributed by atoms with Crippen LogP contribution in [0.25, 0.3) is 0 Å². The van der Waals surface area contributed by atoms with Crippen LogP contribution in [0.1, 0.15) is 6.92 Å². The molecule has 0 bridgehead atoms. The molecule has 1 atom stereocenters. The molecule has 1 N–H and O–H groups in total. The number of rotatable bonds is 5. The molecule has 120 valence electrons. The van der Waals surface area contributed by atoms with Crippen LogP contribution in [-0.4, -0.2) is 40.4 Å². The van der Waals surface area contributed by atoms with Crippen molar-refractivity contribution in [3.05, 3.63) is 24.3 Å². The highest BCUT2D eigenvalue weighted by Gasteiger charge is 2.47. The van der Waals surface area contributed by atoms with E-state index in [9.17, 15) is 30.0 Å². The molecule has 0 aliphatic carbocycles. The maximum atomic E-state index is 12.6. The largest absolute Gasteiger partial charge is 0.501 e. The molecule has 21 heavy (non-hydrogen) atoms. The Hall–Kier alpha value is -1.29. The Morgan fingerprint density at radius 3 is 2.14 bits per heavy atom. The fraction of sp³-hybridized carbons (Fsp3) is 0.455. The summed E-state index contributed by atoms with van der Waals surface area (Å²) in [5.74, 6) is -0.340. The number of hydrogen-bond donors (Lipinski definition) is 1. The van der Waals surface area contributed by atoms with Gasteiger partial charge in [0.15, 0.2) is 0 Å². The van der Waals surface area contributed by atoms with Gasteiger partial charge in [0, 0.05) is 12.3 Å². The van der Waals surface area contributed by atoms with E-state index < -0.39 is 36.1 Å². The molecule has 5 nitrogen and oxygen atoms in total. The zero-order valence-corrected chi connectivity index (χ0v) is 12.8. The topological polar surface area (TPSA) is 80.3 Å². The predicted octanol–water partition coefficient (Wildman–Crippen LogP) is 1.83. The standard InChI is InChI=1S/C11H14F3NO4S2/c1-8(7-20(2,16)17)15-9-5-3-4-6-10(9)21(18,19)11(12,13)14/h3-6,8,15H,7H2,1-2H3. The molecule has 0 radical (unpaired) electrons. The number of sulfone groups is 2. The maximum absolute atomic E-state index is 12.6. The summed E-state index contributed by atoms with van der Waals surface area (Å²) in [6.45, 7) is 1.43. The molecule has 0 spiro atoms. The van der Waals surface area contributed by atoms with Crippen molar-refractivity contribution in [3.63, 3.8) is 0 Å². The van der Waals surface area contributed by atoms with Gasteiger partial charge in [-0.05, 0) is 19.1 Å². The van der Waals surface area contributed by atoms with Crippen molar-refractivity contribution in [1.82, 2.24) is 0 Å². The molecule has 0 aliphatic heterocycles. The van der Waals surface area contributed by atoms with Crippen molar-refractivity contribution in [2.45, 2.75) is 23.4 Å². The van der Waals surface area contributed by atoms with Gasteiger partial charge in [-0.25, -0.2) is 16.8 Å². The summed E-state index contributed by atoms with van der Waals surface area (Å²) < 4.78 is 83.0. The van der Waals surface area contributed by atoms with Crippen molar-refractivity contribution in [2.24, 2.45) is 0 Å². The van der Waals surface area contributed by atoms with Gasteiger partial charge in [-0.1, -0.05) is 12.1 Å². The van der Waals surface area contributed by atoms with Crippen molar-refractivity contribution in [2.75, 3.05) is 17.3 Å². The van der Waals surface area contributed by atoms with E-state index in [1.54, 1.807) is 0 Å². The van der Waals surface area contributed by atoms with Gasteiger partial charge in [0.25, 0.3) is 9.84 Å². The first-order valence-corrected chi connectivity index (χ1v) is 9.23. The van der Waals surface area contributed by atoms with E-state index in [4.69, 9.17) is 0 Å². The van der Waals surface area contributed by atoms with Crippen LogP contribution >= 0.6 is 0 Å². The highest BCUT2D eigenvalue weighted by Crippen LogP contribution is 2.34. The van der Waals surface area contributed by atoms with Crippen LogP contribution in [0, 0.1) is 0 Å². The van der Waals surface area contributed by atoms with Gasteiger partial charge in [0.05, 0.1) is 16.3 Å². The molecule has 1 unspecified atom stereocenters. The van der Waals surface area contributed by atoms with E-state index in [2.05, 4.69) is 5.32 Å². The van der Waals surface area contributed by atoms with Gasteiger partial charge >= 0.3 is 5.51 Å². The summed E-state index contributed by atoms with van der Waals surface area (Å²) in [4.78, 5) is -0.933. The Morgan fingerprint density at radius 2 is 1.67 bits per heavy atom. The lowest BCUT2D eigenvalue weighted by Crippen LogP contribution is -2.28. The molecule has 0 saturated heterocycles. The monoisotopic (exact) mass is 345 g/mol. The van der Waals surface area contributed by atoms with Crippen LogP contribution in [0.2, 0.25) is 0 Å². The number of benzene rings is 1. The second kappa shape index (κ2) is 5.84. The maximum Gasteiger partial charge on any atom is 0.501 e. The summed E-state index contributed by atoms with van der Waals surface area (Å²) in [7, 11) is -8.86. The Morgan fingerprint density at radius 1 is 1.14 bits per heavy atom. The van der Waals surface area contributed by atoms with E-state index in [0.29, 0.717) is 0 Å². The lowest BCUT2D eigenvalue weighted by Gasteiger charge is -2.18. The van der Waals surface area contributed by atoms with E-state index >= 15 is 0 Å². The lowest BCUT2D eigenvalue weighted by molar-refractivity contribution is -0.0435. The van der Waals surface area contributed by atoms with E-state index in [1.807, 2.05) is 0 Å². The van der Waals surface area contributed by atoms with Crippen LogP contribution in [-0.2, 0) is 19.7 Å². The van der Waals surface area contributed by atoms with Crippen molar-refractivity contribution in [1.29, 1.82) is 0 Å². The Labute approximate surface area is 121 Å². The molecule has 10 heteroatoms. The van der Waals surface area contributed by atoms with Crippen LogP contribution in [0.5, 0.6) is 0 Å². The van der Waals surface area contributed by atoms with Gasteiger partial charge in [-0.3, -0.25) is 0 Å². The smallest absolute Gasteiger partial charge is 0.381 e. The molecular formula is C11H14F3NO4S2. The van der Waals surface area contributed by atoms with E-state index in [0.717, 1.165) is 24.5 Å². The van der Waals surface area contributed by atoms with Gasteiger partial charge in [-0.15, -0.1) is 0 Å². The first-order valence-electron chi connectivity index (χ1n) is 5.69. The molecule has 1 aromatic carbocycles. The predicted molar refractivity (Wildman–Crippen MR) is 72.5 cm³/mol. The Kier molecular flexibility index (Phi) is 4.94. The highest BCUT2D eigenvalue weighted by atomic mass is 32.2. The number of hydrogen-bond acceptors (Lipinski definition) is 5. The van der Waals surface area contributed by atoms with Crippen LogP contribution in [0.15, 0.2) is 29.2 Å². The minimum absolute atomic E-state index is 0.286. The average molecular weight is 345 g/mol. The van der Waals surface area contributed by atoms with Crippen molar-refractivity contribution in [3.8, 4) is 0 Å². The van der Waals surface area contributed by atoms with Crippen LogP contribution in [0.3, 0.4) is 0 Å². The number of anilines is 1. The molecule has 0 amide bonds. The quantitative estimate of drug-likeness (QED) is 0.880. The Balaban J connectivity index is 3.18. The molecule has 0 fully saturated rings. The van der Waals surface area contributed by atoms with Crippen molar-refractivity contribution < 1.29 is 30.0 Å². The normalized spacial score (nSPS) is 14.7. The number of alkyl halides is 3. The molecule has 0 aromatic heterocycles. The number of halogens is 3. The zero-order valence-electron chi connectivity index (χ0n) is 11.2. The zero-order chi connectivity index (χ0) is 16.5. The third-order valence-corrected chi connectivity index (χ3v) is 5.09. The average Bonchev–Trinajstić information content (AvgIpc) is 2.25. The number of nitrogens with one attached hydrogen (secondary N) is 1. The molecule has 1 aromatic rings. The minimum Gasteiger partial charge on any atom is -0.381 e. The van der Waals surface area contributed by atoms with E-state index in [1.165, 1.54) is 13.0 Å². The summed E-state index contributed by atoms with van der Waals surface area (Å²) in [6.07, 6.45) is 0.976. The first-order chi connectivity index (χ1) is 9.34. The van der Waals surface area contributed by atoms with Gasteiger partial charge in [-0.2, -0.15) is 13.2 Å². The third-order valence-electron chi connectivity index (χ3n) is 2.44. The van der Waals surface area contributed by atoms with E-state index in [-0.39, 0.29) is 11.4 Å². The third kappa shape index (κ3) is 4.60. The molecule has 0 heterocycles. The van der Waals surface area contributed by atoms with Gasteiger partial charge in [0.1, 0.15) is 9.84 Å². The number of para-hydroxylation sites is 1. The molecule has 0 saturated carbocycles. The highest BCUT2D eigenvalue weighted by molar-refractivity contribution is 7.92. The summed E-state index contributed by atoms with van der Waals surface area (Å²) in [5, 5.41) is 2.49. The molecule has 0 aliphatic rings. The van der Waals surface area contributed by atoms with Crippen molar-refractivity contribution >= 4 is 25.4 Å². The van der Waals surface area contributed by atoms with Gasteiger partial charge in [0.2, 0.25) is 0 Å². The van der Waals surface area contributed by atoms with Crippen LogP contribution in [0.4, 0.5) is 18.9 Å². The second-order valence-corrected chi connectivity index (χ2v) is 8.68. The SMILES string of the molecule is CC(CS(C)(=O)=O)Nc1ccccc1S(=O)(=O)C(F)(F)F. The summed E-state index contributed by atoms with van der Waals surface area (Å²) in [5.41, 5.74) is -5.71. The molecular weight excluding hydrogens is 331 g/mol. The Bertz CT molecular complexity index is 711. The van der Waals surface area contributed by atoms with Gasteiger partial charge < -0.3 is 5.32 Å². The summed E-state index contributed by atoms with van der Waals surface area (Å²) >= 11 is 0. The second-order valence-electron chi connectivity index (χ2n) is 4.58. The fourth-order valence-corrected chi connectivity index (χ4v) is 3.62. The molecule has 1 rings (SSSR count). The fourth-order valence-electron chi connectivity index (χ4n) is 1.71. The minimum atomic E-state index is -5.51. The van der Waals surface area contributed by atoms with Crippen LogP contribution < -0.4 is 5.32 Å². The first kappa shape index (κ1) is 17.8.